The molecule has 1 saturated heterocycles. The lowest BCUT2D eigenvalue weighted by molar-refractivity contribution is -0.00466. The molecule has 2 atom stereocenters. The van der Waals surface area contributed by atoms with Crippen molar-refractivity contribution >= 4 is 11.8 Å². The van der Waals surface area contributed by atoms with E-state index in [0.717, 1.165) is 17.9 Å². The zero-order valence-corrected chi connectivity index (χ0v) is 10.4. The molecule has 2 nitrogen and oxygen atoms in total. The Balaban J connectivity index is 2.09. The maximum Gasteiger partial charge on any atom is 0.0673 e. The lowest BCUT2D eigenvalue weighted by Gasteiger charge is -2.19. The molecular formula is C11H23NOS. The van der Waals surface area contributed by atoms with E-state index in [4.69, 9.17) is 10.5 Å². The monoisotopic (exact) mass is 217 g/mol. The van der Waals surface area contributed by atoms with Gasteiger partial charge in [-0.25, -0.2) is 0 Å². The van der Waals surface area contributed by atoms with Crippen LogP contribution in [0.15, 0.2) is 0 Å². The number of rotatable bonds is 5. The summed E-state index contributed by atoms with van der Waals surface area (Å²) in [7, 11) is 0. The van der Waals surface area contributed by atoms with Crippen LogP contribution in [0.25, 0.3) is 0 Å². The maximum atomic E-state index is 5.90. The van der Waals surface area contributed by atoms with Gasteiger partial charge < -0.3 is 10.5 Å². The number of hydrogen-bond donors (Lipinski definition) is 1. The smallest absolute Gasteiger partial charge is 0.0673 e. The van der Waals surface area contributed by atoms with Gasteiger partial charge in [0.15, 0.2) is 0 Å². The molecule has 0 aromatic heterocycles. The van der Waals surface area contributed by atoms with Crippen molar-refractivity contribution in [2.24, 2.45) is 5.73 Å². The summed E-state index contributed by atoms with van der Waals surface area (Å²) in [6.07, 6.45) is 3.93. The van der Waals surface area contributed by atoms with Crippen molar-refractivity contribution < 1.29 is 4.74 Å². The van der Waals surface area contributed by atoms with E-state index in [2.05, 4.69) is 20.8 Å². The molecule has 0 saturated carbocycles. The predicted molar refractivity (Wildman–Crippen MR) is 63.8 cm³/mol. The van der Waals surface area contributed by atoms with Crippen LogP contribution >= 0.6 is 11.8 Å². The zero-order chi connectivity index (χ0) is 10.6. The van der Waals surface area contributed by atoms with E-state index in [0.29, 0.717) is 12.1 Å². The van der Waals surface area contributed by atoms with E-state index >= 15 is 0 Å². The molecule has 1 heterocycles. The fraction of sp³-hybridized carbons (Fsp3) is 1.00. The van der Waals surface area contributed by atoms with Crippen molar-refractivity contribution in [2.45, 2.75) is 57.8 Å². The fourth-order valence-electron chi connectivity index (χ4n) is 1.66. The van der Waals surface area contributed by atoms with Crippen LogP contribution in [0.3, 0.4) is 0 Å². The number of thioether (sulfide) groups is 1. The third-order valence-corrected chi connectivity index (χ3v) is 3.99. The van der Waals surface area contributed by atoms with Gasteiger partial charge in [0, 0.05) is 17.5 Å². The molecule has 1 aliphatic rings. The highest BCUT2D eigenvalue weighted by atomic mass is 32.2. The largest absolute Gasteiger partial charge is 0.371 e. The quantitative estimate of drug-likeness (QED) is 0.768. The molecule has 2 unspecified atom stereocenters. The van der Waals surface area contributed by atoms with Crippen LogP contribution < -0.4 is 5.73 Å². The lowest BCUT2D eigenvalue weighted by Crippen LogP contribution is -2.24. The summed E-state index contributed by atoms with van der Waals surface area (Å²) in [6.45, 7) is 6.49. The average molecular weight is 217 g/mol. The van der Waals surface area contributed by atoms with Crippen LogP contribution in [0.4, 0.5) is 0 Å². The molecule has 0 aliphatic carbocycles. The van der Waals surface area contributed by atoms with Gasteiger partial charge in [-0.05, 0) is 33.1 Å². The van der Waals surface area contributed by atoms with Gasteiger partial charge in [-0.2, -0.15) is 11.8 Å². The minimum atomic E-state index is 0.109. The van der Waals surface area contributed by atoms with Crippen LogP contribution in [0.2, 0.25) is 0 Å². The molecule has 0 radical (unpaired) electrons. The summed E-state index contributed by atoms with van der Waals surface area (Å²) < 4.78 is 5.90. The van der Waals surface area contributed by atoms with Crippen molar-refractivity contribution in [3.63, 3.8) is 0 Å². The Kier molecular flexibility index (Phi) is 4.74. The summed E-state index contributed by atoms with van der Waals surface area (Å²) in [5, 5.41) is 0. The van der Waals surface area contributed by atoms with Gasteiger partial charge in [0.2, 0.25) is 0 Å². The van der Waals surface area contributed by atoms with Crippen molar-refractivity contribution in [3.05, 3.63) is 0 Å². The average Bonchev–Trinajstić information content (AvgIpc) is 2.45. The first-order valence-corrected chi connectivity index (χ1v) is 6.70. The van der Waals surface area contributed by atoms with Gasteiger partial charge in [-0.1, -0.05) is 6.92 Å². The highest BCUT2D eigenvalue weighted by Crippen LogP contribution is 2.30. The molecule has 1 rings (SSSR count). The second-order valence-electron chi connectivity index (χ2n) is 4.74. The zero-order valence-electron chi connectivity index (χ0n) is 9.58. The Labute approximate surface area is 92.0 Å². The van der Waals surface area contributed by atoms with Crippen LogP contribution in [0, 0.1) is 0 Å². The molecule has 1 fully saturated rings. The summed E-state index contributed by atoms with van der Waals surface area (Å²) >= 11 is 1.93. The Morgan fingerprint density at radius 3 is 2.79 bits per heavy atom. The molecule has 0 aromatic rings. The highest BCUT2D eigenvalue weighted by molar-refractivity contribution is 7.99. The Morgan fingerprint density at radius 2 is 2.29 bits per heavy atom. The molecule has 0 aromatic carbocycles. The van der Waals surface area contributed by atoms with Gasteiger partial charge >= 0.3 is 0 Å². The van der Waals surface area contributed by atoms with E-state index in [1.54, 1.807) is 0 Å². The second-order valence-corrected chi connectivity index (χ2v) is 5.82. The molecule has 0 bridgehead atoms. The Hall–Kier alpha value is 0.270. The first kappa shape index (κ1) is 12.3. The fourth-order valence-corrected chi connectivity index (χ4v) is 2.84. The van der Waals surface area contributed by atoms with E-state index in [-0.39, 0.29) is 5.60 Å². The Morgan fingerprint density at radius 1 is 1.57 bits per heavy atom. The van der Waals surface area contributed by atoms with Crippen molar-refractivity contribution in [1.82, 2.24) is 0 Å². The van der Waals surface area contributed by atoms with Gasteiger partial charge in [0.05, 0.1) is 11.7 Å². The van der Waals surface area contributed by atoms with Gasteiger partial charge in [0.25, 0.3) is 0 Å². The summed E-state index contributed by atoms with van der Waals surface area (Å²) in [6, 6.07) is 0.356. The van der Waals surface area contributed by atoms with Gasteiger partial charge in [-0.15, -0.1) is 0 Å². The molecule has 3 heteroatoms. The van der Waals surface area contributed by atoms with E-state index < -0.39 is 0 Å². The van der Waals surface area contributed by atoms with Crippen molar-refractivity contribution in [2.75, 3.05) is 11.5 Å². The Bertz CT molecular complexity index is 173. The molecule has 2 N–H and O–H groups in total. The predicted octanol–water partition coefficient (Wildman–Crippen LogP) is 2.41. The molecule has 1 aliphatic heterocycles. The summed E-state index contributed by atoms with van der Waals surface area (Å²) in [5.74, 6) is 2.17. The van der Waals surface area contributed by atoms with E-state index in [9.17, 15) is 0 Å². The topological polar surface area (TPSA) is 35.2 Å². The number of ether oxygens (including phenoxy) is 1. The third-order valence-electron chi connectivity index (χ3n) is 2.71. The van der Waals surface area contributed by atoms with Crippen molar-refractivity contribution in [3.8, 4) is 0 Å². The molecule has 14 heavy (non-hydrogen) atoms. The van der Waals surface area contributed by atoms with E-state index in [1.165, 1.54) is 12.8 Å². The van der Waals surface area contributed by atoms with Gasteiger partial charge in [0.1, 0.15) is 0 Å². The SMILES string of the molecule is CCC(N)CSCC1CCC(C)(C)O1. The standard InChI is InChI=1S/C11H23NOS/c1-4-9(12)7-14-8-10-5-6-11(2,3)13-10/h9-10H,4-8,12H2,1-3H3. The van der Waals surface area contributed by atoms with Gasteiger partial charge in [-0.3, -0.25) is 0 Å². The first-order valence-electron chi connectivity index (χ1n) is 5.54. The van der Waals surface area contributed by atoms with Crippen LogP contribution in [-0.4, -0.2) is 29.3 Å². The third kappa shape index (κ3) is 4.20. The highest BCUT2D eigenvalue weighted by Gasteiger charge is 2.31. The number of hydrogen-bond acceptors (Lipinski definition) is 3. The van der Waals surface area contributed by atoms with Crippen LogP contribution in [0.5, 0.6) is 0 Å². The molecule has 0 amide bonds. The minimum absolute atomic E-state index is 0.109. The van der Waals surface area contributed by atoms with E-state index in [1.807, 2.05) is 11.8 Å². The molecular weight excluding hydrogens is 194 g/mol. The second kappa shape index (κ2) is 5.38. The van der Waals surface area contributed by atoms with Crippen LogP contribution in [0.1, 0.15) is 40.0 Å². The first-order chi connectivity index (χ1) is 6.53. The lowest BCUT2D eigenvalue weighted by atomic mass is 10.1. The summed E-state index contributed by atoms with van der Waals surface area (Å²) in [4.78, 5) is 0. The van der Waals surface area contributed by atoms with Crippen molar-refractivity contribution in [1.29, 1.82) is 0 Å². The molecule has 84 valence electrons. The minimum Gasteiger partial charge on any atom is -0.371 e. The number of nitrogens with two attached hydrogens (primary N) is 1. The maximum absolute atomic E-state index is 5.90. The molecule has 0 spiro atoms. The van der Waals surface area contributed by atoms with Crippen LogP contribution in [-0.2, 0) is 4.74 Å². The normalized spacial score (nSPS) is 27.9. The summed E-state index contributed by atoms with van der Waals surface area (Å²) in [5.41, 5.74) is 5.96.